The van der Waals surface area contributed by atoms with E-state index in [0.717, 1.165) is 12.3 Å². The molecule has 0 N–H and O–H groups in total. The summed E-state index contributed by atoms with van der Waals surface area (Å²) >= 11 is 0. The fraction of sp³-hybridized carbons (Fsp3) is 0.800. The molecule has 2 aliphatic rings. The van der Waals surface area contributed by atoms with Crippen LogP contribution in [0.5, 0.6) is 0 Å². The van der Waals surface area contributed by atoms with Crippen LogP contribution in [0.2, 0.25) is 0 Å². The zero-order valence-electron chi connectivity index (χ0n) is 13.4. The van der Waals surface area contributed by atoms with Gasteiger partial charge in [0.05, 0.1) is 18.7 Å². The van der Waals surface area contributed by atoms with Crippen LogP contribution < -0.4 is 0 Å². The lowest BCUT2D eigenvalue weighted by molar-refractivity contribution is -0.129. The molecule has 0 spiro atoms. The molecule has 0 saturated heterocycles. The Morgan fingerprint density at radius 2 is 2.10 bits per heavy atom. The minimum Gasteiger partial charge on any atom is -0.444 e. The molecule has 0 aromatic carbocycles. The summed E-state index contributed by atoms with van der Waals surface area (Å²) in [5.74, 6) is 0.634. The van der Waals surface area contributed by atoms with Crippen LogP contribution in [-0.2, 0) is 9.53 Å². The molecule has 6 nitrogen and oxygen atoms in total. The molecule has 6 heteroatoms. The lowest BCUT2D eigenvalue weighted by Gasteiger charge is -2.28. The summed E-state index contributed by atoms with van der Waals surface area (Å²) in [4.78, 5) is 25.3. The van der Waals surface area contributed by atoms with E-state index in [9.17, 15) is 9.59 Å². The van der Waals surface area contributed by atoms with Crippen molar-refractivity contribution in [2.75, 3.05) is 20.1 Å². The minimum absolute atomic E-state index is 0.0366. The van der Waals surface area contributed by atoms with Crippen molar-refractivity contribution in [3.63, 3.8) is 0 Å². The highest BCUT2D eigenvalue weighted by Gasteiger charge is 2.30. The van der Waals surface area contributed by atoms with Gasteiger partial charge in [-0.25, -0.2) is 9.80 Å². The Morgan fingerprint density at radius 3 is 2.62 bits per heavy atom. The van der Waals surface area contributed by atoms with Gasteiger partial charge in [-0.15, -0.1) is 0 Å². The average molecular weight is 295 g/mol. The summed E-state index contributed by atoms with van der Waals surface area (Å²) in [6.45, 7) is 6.54. The van der Waals surface area contributed by atoms with E-state index in [1.165, 1.54) is 24.2 Å². The second-order valence-electron chi connectivity index (χ2n) is 6.95. The van der Waals surface area contributed by atoms with Crippen molar-refractivity contribution in [1.29, 1.82) is 0 Å². The standard InChI is InChI=1S/C15H25N3O3/c1-15(2,3)21-14(20)17(4)10-12-8-13(19)18(16-12)9-11-6-5-7-11/h11H,5-10H2,1-4H3. The molecule has 0 atom stereocenters. The van der Waals surface area contributed by atoms with Crippen LogP contribution in [0.3, 0.4) is 0 Å². The number of ether oxygens (including phenoxy) is 1. The molecule has 0 radical (unpaired) electrons. The van der Waals surface area contributed by atoms with Crippen LogP contribution in [0.4, 0.5) is 4.79 Å². The fourth-order valence-corrected chi connectivity index (χ4v) is 2.36. The quantitative estimate of drug-likeness (QED) is 0.799. The molecule has 2 amide bonds. The molecular weight excluding hydrogens is 270 g/mol. The fourth-order valence-electron chi connectivity index (χ4n) is 2.36. The van der Waals surface area contributed by atoms with Gasteiger partial charge in [0.1, 0.15) is 5.60 Å². The number of hydrogen-bond acceptors (Lipinski definition) is 4. The first-order chi connectivity index (χ1) is 9.74. The van der Waals surface area contributed by atoms with Gasteiger partial charge < -0.3 is 9.64 Å². The van der Waals surface area contributed by atoms with Crippen molar-refractivity contribution < 1.29 is 14.3 Å². The van der Waals surface area contributed by atoms with Gasteiger partial charge in [0.15, 0.2) is 0 Å². The van der Waals surface area contributed by atoms with Crippen LogP contribution in [0.25, 0.3) is 0 Å². The maximum absolute atomic E-state index is 11.9. The highest BCUT2D eigenvalue weighted by molar-refractivity contribution is 6.06. The van der Waals surface area contributed by atoms with Crippen molar-refractivity contribution in [1.82, 2.24) is 9.91 Å². The molecule has 1 aliphatic carbocycles. The summed E-state index contributed by atoms with van der Waals surface area (Å²) in [5.41, 5.74) is 0.210. The van der Waals surface area contributed by atoms with E-state index in [4.69, 9.17) is 4.74 Å². The summed E-state index contributed by atoms with van der Waals surface area (Å²) in [6, 6.07) is 0. The number of hydrogen-bond donors (Lipinski definition) is 0. The third-order valence-corrected chi connectivity index (χ3v) is 3.69. The first-order valence-electron chi connectivity index (χ1n) is 7.55. The highest BCUT2D eigenvalue weighted by Crippen LogP contribution is 2.28. The zero-order chi connectivity index (χ0) is 15.6. The zero-order valence-corrected chi connectivity index (χ0v) is 13.4. The SMILES string of the molecule is CN(CC1=NN(CC2CCC2)C(=O)C1)C(=O)OC(C)(C)C. The Labute approximate surface area is 126 Å². The van der Waals surface area contributed by atoms with Crippen molar-refractivity contribution in [3.05, 3.63) is 0 Å². The Kier molecular flexibility index (Phi) is 4.54. The maximum Gasteiger partial charge on any atom is 0.410 e. The Bertz CT molecular complexity index is 450. The van der Waals surface area contributed by atoms with E-state index in [-0.39, 0.29) is 5.91 Å². The van der Waals surface area contributed by atoms with Gasteiger partial charge in [-0.2, -0.15) is 5.10 Å². The molecule has 1 fully saturated rings. The third-order valence-electron chi connectivity index (χ3n) is 3.69. The van der Waals surface area contributed by atoms with Gasteiger partial charge >= 0.3 is 6.09 Å². The maximum atomic E-state index is 11.9. The normalized spacial score (nSPS) is 19.3. The lowest BCUT2D eigenvalue weighted by Crippen LogP contribution is -2.37. The summed E-state index contributed by atoms with van der Waals surface area (Å²) < 4.78 is 5.29. The summed E-state index contributed by atoms with van der Waals surface area (Å²) in [7, 11) is 1.66. The third kappa shape index (κ3) is 4.44. The van der Waals surface area contributed by atoms with E-state index in [0.29, 0.717) is 18.9 Å². The molecule has 0 aromatic rings. The Balaban J connectivity index is 1.85. The minimum atomic E-state index is -0.519. The van der Waals surface area contributed by atoms with Gasteiger partial charge in [0.2, 0.25) is 5.91 Å². The summed E-state index contributed by atoms with van der Waals surface area (Å²) in [6.07, 6.45) is 3.54. The lowest BCUT2D eigenvalue weighted by atomic mass is 9.85. The van der Waals surface area contributed by atoms with Crippen LogP contribution in [0.1, 0.15) is 46.5 Å². The molecule has 1 aliphatic heterocycles. The molecule has 0 aromatic heterocycles. The monoisotopic (exact) mass is 295 g/mol. The van der Waals surface area contributed by atoms with Crippen LogP contribution in [0, 0.1) is 5.92 Å². The van der Waals surface area contributed by atoms with Crippen LogP contribution in [0.15, 0.2) is 5.10 Å². The molecular formula is C15H25N3O3. The smallest absolute Gasteiger partial charge is 0.410 e. The molecule has 1 saturated carbocycles. The number of nitrogens with zero attached hydrogens (tertiary/aromatic N) is 3. The second kappa shape index (κ2) is 6.03. The van der Waals surface area contributed by atoms with E-state index in [2.05, 4.69) is 5.10 Å². The van der Waals surface area contributed by atoms with Gasteiger partial charge in [0, 0.05) is 13.6 Å². The largest absolute Gasteiger partial charge is 0.444 e. The van der Waals surface area contributed by atoms with Gasteiger partial charge in [0.25, 0.3) is 0 Å². The van der Waals surface area contributed by atoms with Gasteiger partial charge in [-0.05, 0) is 39.5 Å². The number of rotatable bonds is 4. The predicted octanol–water partition coefficient (Wildman–Crippen LogP) is 2.24. The summed E-state index contributed by atoms with van der Waals surface area (Å²) in [5, 5.41) is 5.93. The molecule has 2 rings (SSSR count). The van der Waals surface area contributed by atoms with E-state index in [1.54, 1.807) is 12.1 Å². The highest BCUT2D eigenvalue weighted by atomic mass is 16.6. The van der Waals surface area contributed by atoms with E-state index in [1.807, 2.05) is 20.8 Å². The van der Waals surface area contributed by atoms with Gasteiger partial charge in [-0.3, -0.25) is 4.79 Å². The molecule has 0 bridgehead atoms. The van der Waals surface area contributed by atoms with Crippen molar-refractivity contribution in [2.24, 2.45) is 11.0 Å². The molecule has 118 valence electrons. The molecule has 21 heavy (non-hydrogen) atoms. The van der Waals surface area contributed by atoms with Crippen LogP contribution >= 0.6 is 0 Å². The van der Waals surface area contributed by atoms with Crippen molar-refractivity contribution in [3.8, 4) is 0 Å². The molecule has 0 unspecified atom stereocenters. The van der Waals surface area contributed by atoms with Crippen LogP contribution in [-0.4, -0.2) is 53.4 Å². The van der Waals surface area contributed by atoms with E-state index >= 15 is 0 Å². The first-order valence-corrected chi connectivity index (χ1v) is 7.55. The average Bonchev–Trinajstić information content (AvgIpc) is 2.62. The number of carbonyl (C=O) groups is 2. The van der Waals surface area contributed by atoms with Gasteiger partial charge in [-0.1, -0.05) is 6.42 Å². The predicted molar refractivity (Wildman–Crippen MR) is 80.0 cm³/mol. The number of amides is 2. The second-order valence-corrected chi connectivity index (χ2v) is 6.95. The number of hydrazone groups is 1. The van der Waals surface area contributed by atoms with Crippen molar-refractivity contribution in [2.45, 2.75) is 52.1 Å². The Morgan fingerprint density at radius 1 is 1.43 bits per heavy atom. The molecule has 1 heterocycles. The van der Waals surface area contributed by atoms with Crippen molar-refractivity contribution >= 4 is 17.7 Å². The first kappa shape index (κ1) is 15.8. The Hall–Kier alpha value is -1.59. The number of carbonyl (C=O) groups excluding carboxylic acids is 2. The topological polar surface area (TPSA) is 62.2 Å². The van der Waals surface area contributed by atoms with E-state index < -0.39 is 11.7 Å².